The summed E-state index contributed by atoms with van der Waals surface area (Å²) in [6.07, 6.45) is 4.48. The highest BCUT2D eigenvalue weighted by molar-refractivity contribution is 5.43. The summed E-state index contributed by atoms with van der Waals surface area (Å²) in [6, 6.07) is 4.95. The standard InChI is InChI=1S/C17H30N4/c1-17(2,3)19-12-14-8-9-18-16(11-14)21-10-6-7-15(21)13-20(4)5/h8-9,11,15,19H,6-7,10,12-13H2,1-5H3. The second kappa shape index (κ2) is 6.75. The lowest BCUT2D eigenvalue weighted by Crippen LogP contribution is -2.38. The van der Waals surface area contributed by atoms with Crippen molar-refractivity contribution in [3.8, 4) is 0 Å². The summed E-state index contributed by atoms with van der Waals surface area (Å²) in [5.41, 5.74) is 1.45. The van der Waals surface area contributed by atoms with Crippen molar-refractivity contribution in [2.24, 2.45) is 0 Å². The van der Waals surface area contributed by atoms with Crippen LogP contribution < -0.4 is 10.2 Å². The van der Waals surface area contributed by atoms with E-state index in [4.69, 9.17) is 0 Å². The second-order valence-corrected chi connectivity index (χ2v) is 7.38. The van der Waals surface area contributed by atoms with Crippen LogP contribution >= 0.6 is 0 Å². The number of hydrogen-bond acceptors (Lipinski definition) is 4. The normalized spacial score (nSPS) is 19.5. The molecule has 4 nitrogen and oxygen atoms in total. The highest BCUT2D eigenvalue weighted by atomic mass is 15.3. The average Bonchev–Trinajstić information content (AvgIpc) is 2.83. The van der Waals surface area contributed by atoms with Crippen LogP contribution in [0.15, 0.2) is 18.3 Å². The van der Waals surface area contributed by atoms with Crippen LogP contribution in [0.2, 0.25) is 0 Å². The number of likely N-dealkylation sites (N-methyl/N-ethyl adjacent to an activating group) is 1. The molecular weight excluding hydrogens is 260 g/mol. The Bertz CT molecular complexity index is 450. The minimum Gasteiger partial charge on any atom is -0.352 e. The van der Waals surface area contributed by atoms with Crippen molar-refractivity contribution in [1.82, 2.24) is 15.2 Å². The summed E-state index contributed by atoms with van der Waals surface area (Å²) in [7, 11) is 4.29. The molecule has 4 heteroatoms. The molecule has 0 radical (unpaired) electrons. The fourth-order valence-electron chi connectivity index (χ4n) is 2.84. The molecule has 1 aromatic heterocycles. The number of aromatic nitrogens is 1. The third-order valence-corrected chi connectivity index (χ3v) is 3.88. The van der Waals surface area contributed by atoms with E-state index in [2.05, 4.69) is 67.1 Å². The van der Waals surface area contributed by atoms with Crippen LogP contribution in [0.4, 0.5) is 5.82 Å². The SMILES string of the molecule is CN(C)CC1CCCN1c1cc(CNC(C)(C)C)ccn1. The van der Waals surface area contributed by atoms with E-state index in [1.165, 1.54) is 18.4 Å². The number of rotatable bonds is 5. The molecule has 1 N–H and O–H groups in total. The maximum atomic E-state index is 4.60. The molecule has 21 heavy (non-hydrogen) atoms. The number of pyridine rings is 1. The Balaban J connectivity index is 2.06. The van der Waals surface area contributed by atoms with Crippen LogP contribution in [0.3, 0.4) is 0 Å². The van der Waals surface area contributed by atoms with Gasteiger partial charge in [-0.25, -0.2) is 4.98 Å². The first-order valence-electron chi connectivity index (χ1n) is 7.96. The minimum atomic E-state index is 0.143. The van der Waals surface area contributed by atoms with Crippen LogP contribution in [0.25, 0.3) is 0 Å². The first-order chi connectivity index (χ1) is 9.85. The molecule has 1 atom stereocenters. The highest BCUT2D eigenvalue weighted by Gasteiger charge is 2.26. The van der Waals surface area contributed by atoms with E-state index in [1.54, 1.807) is 0 Å². The molecule has 1 fully saturated rings. The van der Waals surface area contributed by atoms with Crippen LogP contribution in [0.1, 0.15) is 39.2 Å². The van der Waals surface area contributed by atoms with E-state index in [1.807, 2.05) is 6.20 Å². The predicted octanol–water partition coefficient (Wildman–Crippen LogP) is 2.50. The summed E-state index contributed by atoms with van der Waals surface area (Å²) in [4.78, 5) is 9.35. The van der Waals surface area contributed by atoms with E-state index < -0.39 is 0 Å². The van der Waals surface area contributed by atoms with E-state index in [0.717, 1.165) is 25.5 Å². The zero-order valence-electron chi connectivity index (χ0n) is 14.2. The lowest BCUT2D eigenvalue weighted by molar-refractivity contribution is 0.371. The molecule has 2 heterocycles. The summed E-state index contributed by atoms with van der Waals surface area (Å²) in [6.45, 7) is 9.72. The van der Waals surface area contributed by atoms with Gasteiger partial charge in [0.15, 0.2) is 0 Å². The summed E-state index contributed by atoms with van der Waals surface area (Å²) >= 11 is 0. The Morgan fingerprint density at radius 1 is 1.38 bits per heavy atom. The van der Waals surface area contributed by atoms with Crippen molar-refractivity contribution in [3.63, 3.8) is 0 Å². The van der Waals surface area contributed by atoms with Gasteiger partial charge in [-0.15, -0.1) is 0 Å². The van der Waals surface area contributed by atoms with Crippen molar-refractivity contribution in [2.75, 3.05) is 32.1 Å². The highest BCUT2D eigenvalue weighted by Crippen LogP contribution is 2.24. The van der Waals surface area contributed by atoms with Crippen LogP contribution in [-0.2, 0) is 6.54 Å². The molecule has 0 spiro atoms. The van der Waals surface area contributed by atoms with Gasteiger partial charge in [-0.1, -0.05) is 0 Å². The molecule has 1 aliphatic heterocycles. The number of nitrogens with one attached hydrogen (secondary N) is 1. The Labute approximate surface area is 129 Å². The molecule has 0 amide bonds. The largest absolute Gasteiger partial charge is 0.352 e. The summed E-state index contributed by atoms with van der Waals surface area (Å²) in [5.74, 6) is 1.13. The van der Waals surface area contributed by atoms with E-state index >= 15 is 0 Å². The van der Waals surface area contributed by atoms with Gasteiger partial charge >= 0.3 is 0 Å². The number of hydrogen-bond donors (Lipinski definition) is 1. The lowest BCUT2D eigenvalue weighted by Gasteiger charge is -2.28. The Hall–Kier alpha value is -1.13. The fourth-order valence-corrected chi connectivity index (χ4v) is 2.84. The van der Waals surface area contributed by atoms with Crippen molar-refractivity contribution in [1.29, 1.82) is 0 Å². The van der Waals surface area contributed by atoms with Crippen molar-refractivity contribution < 1.29 is 0 Å². The maximum absolute atomic E-state index is 4.60. The van der Waals surface area contributed by atoms with Gasteiger partial charge in [0.05, 0.1) is 0 Å². The quantitative estimate of drug-likeness (QED) is 0.903. The molecule has 0 saturated carbocycles. The third-order valence-electron chi connectivity index (χ3n) is 3.88. The zero-order valence-corrected chi connectivity index (χ0v) is 14.2. The number of anilines is 1. The smallest absolute Gasteiger partial charge is 0.129 e. The van der Waals surface area contributed by atoms with E-state index in [-0.39, 0.29) is 5.54 Å². The van der Waals surface area contributed by atoms with Gasteiger partial charge in [-0.2, -0.15) is 0 Å². The average molecular weight is 290 g/mol. The molecule has 2 rings (SSSR count). The molecule has 0 aromatic carbocycles. The van der Waals surface area contributed by atoms with Gasteiger partial charge in [0, 0.05) is 37.4 Å². The van der Waals surface area contributed by atoms with E-state index in [0.29, 0.717) is 6.04 Å². The summed E-state index contributed by atoms with van der Waals surface area (Å²) in [5, 5.41) is 3.54. The topological polar surface area (TPSA) is 31.4 Å². The lowest BCUT2D eigenvalue weighted by atomic mass is 10.1. The van der Waals surface area contributed by atoms with Crippen molar-refractivity contribution in [3.05, 3.63) is 23.9 Å². The van der Waals surface area contributed by atoms with Crippen molar-refractivity contribution in [2.45, 2.75) is 51.7 Å². The van der Waals surface area contributed by atoms with Gasteiger partial charge in [-0.3, -0.25) is 0 Å². The third kappa shape index (κ3) is 4.97. The zero-order chi connectivity index (χ0) is 15.5. The fraction of sp³-hybridized carbons (Fsp3) is 0.706. The number of nitrogens with zero attached hydrogens (tertiary/aromatic N) is 3. The van der Waals surface area contributed by atoms with Crippen LogP contribution in [0, 0.1) is 0 Å². The molecule has 1 unspecified atom stereocenters. The Morgan fingerprint density at radius 3 is 2.81 bits per heavy atom. The molecule has 1 aliphatic rings. The molecular formula is C17H30N4. The first-order valence-corrected chi connectivity index (χ1v) is 7.96. The maximum Gasteiger partial charge on any atom is 0.129 e. The Kier molecular flexibility index (Phi) is 5.22. The second-order valence-electron chi connectivity index (χ2n) is 7.38. The predicted molar refractivity (Wildman–Crippen MR) is 89.8 cm³/mol. The van der Waals surface area contributed by atoms with Gasteiger partial charge in [0.1, 0.15) is 5.82 Å². The van der Waals surface area contributed by atoms with Gasteiger partial charge in [0.25, 0.3) is 0 Å². The van der Waals surface area contributed by atoms with Crippen LogP contribution in [-0.4, -0.2) is 48.6 Å². The van der Waals surface area contributed by atoms with Gasteiger partial charge in [0.2, 0.25) is 0 Å². The monoisotopic (exact) mass is 290 g/mol. The molecule has 0 bridgehead atoms. The molecule has 1 aromatic rings. The molecule has 118 valence electrons. The minimum absolute atomic E-state index is 0.143. The van der Waals surface area contributed by atoms with Crippen LogP contribution in [0.5, 0.6) is 0 Å². The van der Waals surface area contributed by atoms with Gasteiger partial charge in [-0.05, 0) is 65.4 Å². The van der Waals surface area contributed by atoms with Crippen molar-refractivity contribution >= 4 is 5.82 Å². The molecule has 0 aliphatic carbocycles. The van der Waals surface area contributed by atoms with E-state index in [9.17, 15) is 0 Å². The van der Waals surface area contributed by atoms with Gasteiger partial charge < -0.3 is 15.1 Å². The summed E-state index contributed by atoms with van der Waals surface area (Å²) < 4.78 is 0. The Morgan fingerprint density at radius 2 is 2.14 bits per heavy atom. The first kappa shape index (κ1) is 16.2. The molecule has 1 saturated heterocycles.